The maximum absolute atomic E-state index is 11.8. The van der Waals surface area contributed by atoms with Crippen molar-refractivity contribution in [2.24, 2.45) is 5.92 Å². The number of benzene rings is 1. The Balaban J connectivity index is 0.000000194. The molecule has 40 heavy (non-hydrogen) atoms. The first-order valence-corrected chi connectivity index (χ1v) is 15.3. The van der Waals surface area contributed by atoms with Crippen LogP contribution in [0.25, 0.3) is 16.9 Å². The van der Waals surface area contributed by atoms with Crippen molar-refractivity contribution in [3.05, 3.63) is 48.8 Å². The standard InChI is InChI=1S/C18H19N5O2S.C11H16N2O/c1-25-18-7-6-17(20-21-18)23-13-15(12-19-23)14-2-4-16(5-3-14)22-8-10-26(24)11-9-22;12-8-11(6-7-11)13-10(14)9-4-2-1-3-5-9/h2-7,12-13H,8-11H2,1H3;9H,1-7H2,(H,13,14). The first kappa shape index (κ1) is 27.8. The lowest BCUT2D eigenvalue weighted by atomic mass is 9.88. The number of methoxy groups -OCH3 is 1. The summed E-state index contributed by atoms with van der Waals surface area (Å²) in [4.78, 5) is 14.0. The number of amides is 1. The Bertz CT molecular complexity index is 1350. The van der Waals surface area contributed by atoms with E-state index >= 15 is 0 Å². The van der Waals surface area contributed by atoms with E-state index in [4.69, 9.17) is 10.00 Å². The molecule has 6 rings (SSSR count). The van der Waals surface area contributed by atoms with Crippen molar-refractivity contribution in [2.75, 3.05) is 36.6 Å². The third kappa shape index (κ3) is 6.86. The molecule has 1 N–H and O–H groups in total. The van der Waals surface area contributed by atoms with Gasteiger partial charge in [0.15, 0.2) is 5.82 Å². The van der Waals surface area contributed by atoms with Gasteiger partial charge in [0.1, 0.15) is 5.54 Å². The molecule has 210 valence electrons. The molecule has 3 fully saturated rings. The number of carbonyl (C=O) groups excluding carboxylic acids is 1. The summed E-state index contributed by atoms with van der Waals surface area (Å²) in [5, 5.41) is 24.2. The molecule has 1 amide bonds. The fourth-order valence-electron chi connectivity index (χ4n) is 4.99. The van der Waals surface area contributed by atoms with Gasteiger partial charge in [-0.3, -0.25) is 9.00 Å². The van der Waals surface area contributed by atoms with E-state index in [-0.39, 0.29) is 11.8 Å². The van der Waals surface area contributed by atoms with Crippen molar-refractivity contribution < 1.29 is 13.7 Å². The Hall–Kier alpha value is -3.78. The van der Waals surface area contributed by atoms with Gasteiger partial charge in [0.05, 0.1) is 19.4 Å². The molecule has 0 unspecified atom stereocenters. The second kappa shape index (κ2) is 12.6. The molecule has 0 atom stereocenters. The molecular weight excluding hydrogens is 526 g/mol. The van der Waals surface area contributed by atoms with Gasteiger partial charge in [0, 0.05) is 64.8 Å². The lowest BCUT2D eigenvalue weighted by molar-refractivity contribution is -0.126. The molecule has 1 aliphatic heterocycles. The van der Waals surface area contributed by atoms with Gasteiger partial charge < -0.3 is 15.0 Å². The fourth-order valence-corrected chi connectivity index (χ4v) is 6.05. The van der Waals surface area contributed by atoms with Crippen molar-refractivity contribution in [3.63, 3.8) is 0 Å². The van der Waals surface area contributed by atoms with Gasteiger partial charge in [-0.05, 0) is 49.4 Å². The first-order chi connectivity index (χ1) is 19.5. The lowest BCUT2D eigenvalue weighted by Crippen LogP contribution is -2.40. The normalized spacial score (nSPS) is 18.6. The highest BCUT2D eigenvalue weighted by molar-refractivity contribution is 7.85. The van der Waals surface area contributed by atoms with Crippen LogP contribution in [0.4, 0.5) is 5.69 Å². The van der Waals surface area contributed by atoms with Crippen LogP contribution in [0, 0.1) is 17.2 Å². The summed E-state index contributed by atoms with van der Waals surface area (Å²) in [5.74, 6) is 2.89. The minimum absolute atomic E-state index is 0.115. The van der Waals surface area contributed by atoms with E-state index in [9.17, 15) is 9.00 Å². The van der Waals surface area contributed by atoms with Gasteiger partial charge in [0.2, 0.25) is 11.8 Å². The number of carbonyl (C=O) groups is 1. The molecule has 0 spiro atoms. The third-order valence-electron chi connectivity index (χ3n) is 7.70. The highest BCUT2D eigenvalue weighted by atomic mass is 32.2. The Morgan fingerprint density at radius 2 is 1.77 bits per heavy atom. The molecule has 11 heteroatoms. The highest BCUT2D eigenvalue weighted by Gasteiger charge is 2.45. The Kier molecular flexibility index (Phi) is 8.75. The van der Waals surface area contributed by atoms with Gasteiger partial charge in [-0.1, -0.05) is 31.4 Å². The third-order valence-corrected chi connectivity index (χ3v) is 8.97. The smallest absolute Gasteiger partial charge is 0.233 e. The Morgan fingerprint density at radius 1 is 1.05 bits per heavy atom. The molecule has 0 bridgehead atoms. The average Bonchev–Trinajstić information content (AvgIpc) is 3.61. The van der Waals surface area contributed by atoms with Crippen molar-refractivity contribution in [1.29, 1.82) is 5.26 Å². The fraction of sp³-hybridized carbons (Fsp3) is 0.483. The number of nitrogens with zero attached hydrogens (tertiary/aromatic N) is 6. The number of aromatic nitrogens is 4. The topological polar surface area (TPSA) is 126 Å². The number of nitriles is 1. The van der Waals surface area contributed by atoms with Crippen LogP contribution < -0.4 is 15.0 Å². The molecular formula is C29H35N7O3S. The van der Waals surface area contributed by atoms with E-state index in [1.54, 1.807) is 17.9 Å². The van der Waals surface area contributed by atoms with Crippen molar-refractivity contribution >= 4 is 22.4 Å². The minimum Gasteiger partial charge on any atom is -0.480 e. The number of anilines is 1. The molecule has 1 aromatic carbocycles. The molecule has 2 aromatic heterocycles. The Morgan fingerprint density at radius 3 is 2.38 bits per heavy atom. The molecule has 3 aliphatic rings. The average molecular weight is 562 g/mol. The second-order valence-electron chi connectivity index (χ2n) is 10.5. The molecule has 2 saturated carbocycles. The van der Waals surface area contributed by atoms with Crippen LogP contribution in [-0.2, 0) is 15.6 Å². The predicted molar refractivity (Wildman–Crippen MR) is 154 cm³/mol. The van der Waals surface area contributed by atoms with E-state index in [0.717, 1.165) is 74.2 Å². The number of rotatable bonds is 6. The molecule has 1 saturated heterocycles. The summed E-state index contributed by atoms with van der Waals surface area (Å²) in [6, 6.07) is 14.1. The van der Waals surface area contributed by atoms with Crippen molar-refractivity contribution in [1.82, 2.24) is 25.3 Å². The number of nitrogens with one attached hydrogen (secondary N) is 1. The van der Waals surface area contributed by atoms with Gasteiger partial charge in [-0.15, -0.1) is 10.2 Å². The predicted octanol–water partition coefficient (Wildman–Crippen LogP) is 3.65. The molecule has 3 aromatic rings. The number of hydrogen-bond donors (Lipinski definition) is 1. The largest absolute Gasteiger partial charge is 0.480 e. The van der Waals surface area contributed by atoms with Gasteiger partial charge in [-0.2, -0.15) is 10.4 Å². The van der Waals surface area contributed by atoms with Crippen LogP contribution in [0.15, 0.2) is 48.8 Å². The zero-order valence-corrected chi connectivity index (χ0v) is 23.6. The van der Waals surface area contributed by atoms with Crippen LogP contribution in [0.5, 0.6) is 5.88 Å². The van der Waals surface area contributed by atoms with Crippen LogP contribution >= 0.6 is 0 Å². The van der Waals surface area contributed by atoms with Crippen molar-refractivity contribution in [2.45, 2.75) is 50.5 Å². The molecule has 10 nitrogen and oxygen atoms in total. The molecule has 3 heterocycles. The monoisotopic (exact) mass is 561 g/mol. The zero-order chi connectivity index (χ0) is 28.0. The number of hydrogen-bond acceptors (Lipinski definition) is 8. The summed E-state index contributed by atoms with van der Waals surface area (Å²) in [6.45, 7) is 1.69. The lowest BCUT2D eigenvalue weighted by Gasteiger charge is -2.28. The van der Waals surface area contributed by atoms with Crippen LogP contribution in [0.3, 0.4) is 0 Å². The van der Waals surface area contributed by atoms with Gasteiger partial charge in [0.25, 0.3) is 0 Å². The number of ether oxygens (including phenoxy) is 1. The van der Waals surface area contributed by atoms with Crippen LogP contribution in [0.1, 0.15) is 44.9 Å². The van der Waals surface area contributed by atoms with E-state index in [0.29, 0.717) is 11.7 Å². The van der Waals surface area contributed by atoms with Gasteiger partial charge in [-0.25, -0.2) is 4.68 Å². The minimum atomic E-state index is -0.658. The first-order valence-electron chi connectivity index (χ1n) is 13.8. The maximum Gasteiger partial charge on any atom is 0.233 e. The highest BCUT2D eigenvalue weighted by Crippen LogP contribution is 2.35. The maximum atomic E-state index is 11.8. The Labute approximate surface area is 237 Å². The van der Waals surface area contributed by atoms with E-state index in [1.165, 1.54) is 12.1 Å². The summed E-state index contributed by atoms with van der Waals surface area (Å²) in [7, 11) is 0.900. The van der Waals surface area contributed by atoms with E-state index in [1.807, 2.05) is 18.5 Å². The molecule has 2 aliphatic carbocycles. The van der Waals surface area contributed by atoms with Crippen LogP contribution in [-0.4, -0.2) is 67.3 Å². The van der Waals surface area contributed by atoms with E-state index < -0.39 is 16.3 Å². The van der Waals surface area contributed by atoms with Crippen molar-refractivity contribution in [3.8, 4) is 28.9 Å². The second-order valence-corrected chi connectivity index (χ2v) is 12.2. The van der Waals surface area contributed by atoms with Gasteiger partial charge >= 0.3 is 0 Å². The van der Waals surface area contributed by atoms with Crippen LogP contribution in [0.2, 0.25) is 0 Å². The summed E-state index contributed by atoms with van der Waals surface area (Å²) in [6.07, 6.45) is 11.0. The summed E-state index contributed by atoms with van der Waals surface area (Å²) in [5.41, 5.74) is 2.78. The summed E-state index contributed by atoms with van der Waals surface area (Å²) >= 11 is 0. The zero-order valence-electron chi connectivity index (χ0n) is 22.8. The SMILES string of the molecule is COc1ccc(-n2cc(-c3ccc(N4CCS(=O)CC4)cc3)cn2)nn1.N#CC1(NC(=O)C2CCCCC2)CC1. The summed E-state index contributed by atoms with van der Waals surface area (Å²) < 4.78 is 18.2. The van der Waals surface area contributed by atoms with E-state index in [2.05, 4.69) is 55.8 Å². The molecule has 0 radical (unpaired) electrons. The quantitative estimate of drug-likeness (QED) is 0.483.